The van der Waals surface area contributed by atoms with Crippen molar-refractivity contribution >= 4 is 11.9 Å². The van der Waals surface area contributed by atoms with Crippen molar-refractivity contribution in [2.45, 2.75) is 38.3 Å². The van der Waals surface area contributed by atoms with Crippen molar-refractivity contribution in [3.8, 4) is 0 Å². The number of hydrogen-bond donors (Lipinski definition) is 2. The lowest BCUT2D eigenvalue weighted by Gasteiger charge is -2.31. The highest BCUT2D eigenvalue weighted by molar-refractivity contribution is 5.89. The summed E-state index contributed by atoms with van der Waals surface area (Å²) in [6.45, 7) is 5.04. The maximum atomic E-state index is 12.5. The van der Waals surface area contributed by atoms with Gasteiger partial charge in [0.05, 0.1) is 12.6 Å². The zero-order valence-electron chi connectivity index (χ0n) is 15.8. The molecule has 2 N–H and O–H groups in total. The van der Waals surface area contributed by atoms with Gasteiger partial charge < -0.3 is 29.7 Å². The van der Waals surface area contributed by atoms with E-state index in [1.807, 2.05) is 0 Å². The van der Waals surface area contributed by atoms with E-state index in [4.69, 9.17) is 9.26 Å². The first-order valence-electron chi connectivity index (χ1n) is 9.57. The molecule has 10 nitrogen and oxygen atoms in total. The molecule has 150 valence electrons. The molecule has 0 unspecified atom stereocenters. The average molecular weight is 380 g/mol. The fourth-order valence-corrected chi connectivity index (χ4v) is 3.41. The van der Waals surface area contributed by atoms with Crippen LogP contribution in [0.3, 0.4) is 0 Å². The number of hydrogen-bond acceptors (Lipinski definition) is 7. The van der Waals surface area contributed by atoms with E-state index in [0.29, 0.717) is 19.7 Å². The number of ether oxygens (including phenoxy) is 1. The Balaban J connectivity index is 1.48. The molecule has 0 spiro atoms. The van der Waals surface area contributed by atoms with Crippen LogP contribution in [0.25, 0.3) is 0 Å². The Labute approximate surface area is 158 Å². The number of amides is 3. The van der Waals surface area contributed by atoms with Gasteiger partial charge >= 0.3 is 6.03 Å². The van der Waals surface area contributed by atoms with Crippen molar-refractivity contribution < 1.29 is 18.8 Å². The van der Waals surface area contributed by atoms with Gasteiger partial charge in [-0.25, -0.2) is 4.79 Å². The van der Waals surface area contributed by atoms with Gasteiger partial charge in [-0.05, 0) is 32.4 Å². The van der Waals surface area contributed by atoms with Gasteiger partial charge in [-0.15, -0.1) is 0 Å². The monoisotopic (exact) mass is 380 g/mol. The van der Waals surface area contributed by atoms with Crippen LogP contribution in [0.4, 0.5) is 4.79 Å². The molecule has 27 heavy (non-hydrogen) atoms. The van der Waals surface area contributed by atoms with Gasteiger partial charge in [-0.3, -0.25) is 4.79 Å². The van der Waals surface area contributed by atoms with Crippen LogP contribution in [0.1, 0.15) is 42.2 Å². The van der Waals surface area contributed by atoms with E-state index >= 15 is 0 Å². The van der Waals surface area contributed by atoms with Gasteiger partial charge in [0.15, 0.2) is 0 Å². The van der Waals surface area contributed by atoms with E-state index in [1.165, 1.54) is 26.3 Å². The van der Waals surface area contributed by atoms with Crippen LogP contribution in [-0.2, 0) is 11.3 Å². The molecule has 2 aliphatic rings. The predicted molar refractivity (Wildman–Crippen MR) is 96.1 cm³/mol. The Hall–Kier alpha value is -2.20. The van der Waals surface area contributed by atoms with Crippen molar-refractivity contribution in [3.63, 3.8) is 0 Å². The lowest BCUT2D eigenvalue weighted by atomic mass is 10.1. The molecule has 0 saturated carbocycles. The summed E-state index contributed by atoms with van der Waals surface area (Å²) < 4.78 is 10.9. The average Bonchev–Trinajstić information content (AvgIpc) is 3.05. The molecule has 2 fully saturated rings. The number of aromatic nitrogens is 2. The zero-order chi connectivity index (χ0) is 19.1. The van der Waals surface area contributed by atoms with Gasteiger partial charge in [-0.1, -0.05) is 11.6 Å². The highest BCUT2D eigenvalue weighted by Gasteiger charge is 2.25. The van der Waals surface area contributed by atoms with E-state index in [0.717, 1.165) is 26.1 Å². The maximum Gasteiger partial charge on any atom is 0.317 e. The normalized spacial score (nSPS) is 21.5. The number of rotatable bonds is 5. The molecule has 0 aliphatic carbocycles. The molecule has 0 bridgehead atoms. The van der Waals surface area contributed by atoms with Crippen molar-refractivity contribution in [1.29, 1.82) is 0 Å². The third-order valence-electron chi connectivity index (χ3n) is 4.84. The second kappa shape index (κ2) is 9.65. The summed E-state index contributed by atoms with van der Waals surface area (Å²) in [6, 6.07) is -0.191. The summed E-state index contributed by atoms with van der Waals surface area (Å²) in [7, 11) is 1.49. The van der Waals surface area contributed by atoms with Gasteiger partial charge in [0.2, 0.25) is 5.89 Å². The Morgan fingerprint density at radius 3 is 2.78 bits per heavy atom. The number of carbonyl (C=O) groups is 2. The first-order chi connectivity index (χ1) is 13.2. The van der Waals surface area contributed by atoms with Crippen molar-refractivity contribution in [2.24, 2.45) is 0 Å². The first kappa shape index (κ1) is 19.6. The van der Waals surface area contributed by atoms with Crippen LogP contribution < -0.4 is 10.6 Å². The van der Waals surface area contributed by atoms with E-state index in [9.17, 15) is 9.59 Å². The fraction of sp³-hybridized carbons (Fsp3) is 0.765. The van der Waals surface area contributed by atoms with Crippen molar-refractivity contribution in [3.05, 3.63) is 11.7 Å². The van der Waals surface area contributed by atoms with Gasteiger partial charge in [0.25, 0.3) is 11.7 Å². The maximum absolute atomic E-state index is 12.5. The molecule has 0 radical (unpaired) electrons. The molecule has 3 rings (SSSR count). The number of carbonyl (C=O) groups excluding carboxylic acids is 2. The van der Waals surface area contributed by atoms with Crippen LogP contribution in [0.15, 0.2) is 4.52 Å². The third-order valence-corrected chi connectivity index (χ3v) is 4.84. The van der Waals surface area contributed by atoms with Crippen LogP contribution in [-0.4, -0.2) is 84.4 Å². The molecular weight excluding hydrogens is 352 g/mol. The zero-order valence-corrected chi connectivity index (χ0v) is 15.8. The Bertz CT molecular complexity index is 631. The molecule has 2 saturated heterocycles. The molecule has 1 atom stereocenters. The Kier molecular flexibility index (Phi) is 6.99. The number of likely N-dealkylation sites (tertiary alicyclic amines) is 1. The summed E-state index contributed by atoms with van der Waals surface area (Å²) in [6.07, 6.45) is 4.61. The molecule has 3 heterocycles. The first-order valence-corrected chi connectivity index (χ1v) is 9.57. The summed E-state index contributed by atoms with van der Waals surface area (Å²) in [5.41, 5.74) is 0. The molecular formula is C17H28N6O4. The minimum atomic E-state index is -0.429. The molecule has 1 aromatic rings. The summed E-state index contributed by atoms with van der Waals surface area (Å²) in [4.78, 5) is 32.1. The van der Waals surface area contributed by atoms with Crippen LogP contribution in [0, 0.1) is 0 Å². The largest absolute Gasteiger partial charge is 0.375 e. The topological polar surface area (TPSA) is 113 Å². The lowest BCUT2D eigenvalue weighted by molar-refractivity contribution is 0.0256. The highest BCUT2D eigenvalue weighted by Crippen LogP contribution is 2.13. The molecule has 3 amide bonds. The summed E-state index contributed by atoms with van der Waals surface area (Å²) in [5, 5.41) is 8.78. The number of nitrogens with one attached hydrogen (secondary N) is 2. The van der Waals surface area contributed by atoms with Crippen LogP contribution >= 0.6 is 0 Å². The van der Waals surface area contributed by atoms with Crippen molar-refractivity contribution in [1.82, 2.24) is 30.6 Å². The van der Waals surface area contributed by atoms with Gasteiger partial charge in [-0.2, -0.15) is 4.98 Å². The summed E-state index contributed by atoms with van der Waals surface area (Å²) >= 11 is 0. The second-order valence-corrected chi connectivity index (χ2v) is 6.90. The van der Waals surface area contributed by atoms with E-state index in [1.54, 1.807) is 4.90 Å². The third kappa shape index (κ3) is 5.64. The van der Waals surface area contributed by atoms with E-state index in [-0.39, 0.29) is 30.4 Å². The minimum absolute atomic E-state index is 0.0274. The smallest absolute Gasteiger partial charge is 0.317 e. The number of piperidine rings is 1. The molecule has 2 aliphatic heterocycles. The quantitative estimate of drug-likeness (QED) is 0.751. The van der Waals surface area contributed by atoms with Crippen molar-refractivity contribution in [2.75, 3.05) is 46.4 Å². The minimum Gasteiger partial charge on any atom is -0.375 e. The number of urea groups is 1. The number of nitrogens with zero attached hydrogens (tertiary/aromatic N) is 4. The van der Waals surface area contributed by atoms with E-state index in [2.05, 4.69) is 25.7 Å². The van der Waals surface area contributed by atoms with Crippen LogP contribution in [0.2, 0.25) is 0 Å². The highest BCUT2D eigenvalue weighted by atomic mass is 16.5. The van der Waals surface area contributed by atoms with Crippen LogP contribution in [0.5, 0.6) is 0 Å². The Morgan fingerprint density at radius 2 is 2.00 bits per heavy atom. The summed E-state index contributed by atoms with van der Waals surface area (Å²) in [5.74, 6) is -0.286. The second-order valence-electron chi connectivity index (χ2n) is 6.90. The molecule has 10 heteroatoms. The molecule has 0 aromatic carbocycles. The molecule has 1 aromatic heterocycles. The predicted octanol–water partition coefficient (Wildman–Crippen LogP) is 0.216. The van der Waals surface area contributed by atoms with E-state index < -0.39 is 5.91 Å². The van der Waals surface area contributed by atoms with Gasteiger partial charge in [0, 0.05) is 33.3 Å². The Morgan fingerprint density at radius 1 is 1.19 bits per heavy atom. The fourth-order valence-electron chi connectivity index (χ4n) is 3.41. The lowest BCUT2D eigenvalue weighted by Crippen LogP contribution is -2.46. The SMILES string of the molecule is CNC(=O)c1noc(CNC(=O)N2CCCO[C@H](CN3CCCCC3)C2)n1. The standard InChI is InChI=1S/C17H28N6O4/c1-18-16(24)15-20-14(27-21-15)10-19-17(25)23-8-5-9-26-13(12-23)11-22-6-3-2-4-7-22/h13H,2-12H2,1H3,(H,18,24)(H,19,25)/t13-/m1/s1. The van der Waals surface area contributed by atoms with Gasteiger partial charge in [0.1, 0.15) is 0 Å².